The molecule has 0 saturated carbocycles. The van der Waals surface area contributed by atoms with Crippen LogP contribution >= 0.6 is 0 Å². The van der Waals surface area contributed by atoms with E-state index in [9.17, 15) is 19.2 Å². The molecule has 2 aromatic rings. The number of hydrogen-bond acceptors (Lipinski definition) is 7. The number of Topliss-reactive ketones (excluding diaryl/α,β-unsaturated/α-hetero) is 1. The van der Waals surface area contributed by atoms with Gasteiger partial charge in [-0.2, -0.15) is 0 Å². The van der Waals surface area contributed by atoms with E-state index < -0.39 is 42.4 Å². The fraction of sp³-hybridized carbons (Fsp3) is 0.450. The van der Waals surface area contributed by atoms with Crippen LogP contribution in [-0.4, -0.2) is 57.0 Å². The number of aromatic nitrogens is 2. The summed E-state index contributed by atoms with van der Waals surface area (Å²) in [5.74, 6) is -0.550. The van der Waals surface area contributed by atoms with Crippen LogP contribution in [0.3, 0.4) is 0 Å². The van der Waals surface area contributed by atoms with Gasteiger partial charge in [0.05, 0.1) is 0 Å². The van der Waals surface area contributed by atoms with Crippen LogP contribution in [0.2, 0.25) is 0 Å². The number of amides is 3. The lowest BCUT2D eigenvalue weighted by molar-refractivity contribution is -0.146. The van der Waals surface area contributed by atoms with Crippen molar-refractivity contribution in [2.45, 2.75) is 46.6 Å². The Hall–Kier alpha value is -3.43. The van der Waals surface area contributed by atoms with Crippen LogP contribution in [0.5, 0.6) is 0 Å². The van der Waals surface area contributed by atoms with Crippen molar-refractivity contribution in [3.05, 3.63) is 34.8 Å². The standard InChI is InChI=1S/C20H24N4O6/c1-6-20(5)18(27)23(19(28)21-20)9-17(26)29-10-15(25)14-7-11(2)24(13(14)4)16-8-12(3)30-22-16/h7-8H,6,9-10H2,1-5H3,(H,21,28)/t20-/m0/s1. The Labute approximate surface area is 173 Å². The Morgan fingerprint density at radius 3 is 2.50 bits per heavy atom. The van der Waals surface area contributed by atoms with E-state index in [1.54, 1.807) is 44.4 Å². The van der Waals surface area contributed by atoms with Crippen molar-refractivity contribution in [2.24, 2.45) is 0 Å². The van der Waals surface area contributed by atoms with Crippen molar-refractivity contribution in [2.75, 3.05) is 13.2 Å². The van der Waals surface area contributed by atoms with Gasteiger partial charge in [0, 0.05) is 23.0 Å². The molecule has 0 unspecified atom stereocenters. The van der Waals surface area contributed by atoms with E-state index >= 15 is 0 Å². The fourth-order valence-corrected chi connectivity index (χ4v) is 3.39. The molecule has 0 aliphatic carbocycles. The van der Waals surface area contributed by atoms with Gasteiger partial charge in [-0.1, -0.05) is 12.1 Å². The third kappa shape index (κ3) is 3.72. The molecule has 3 rings (SSSR count). The van der Waals surface area contributed by atoms with Crippen molar-refractivity contribution in [1.29, 1.82) is 0 Å². The number of imide groups is 1. The van der Waals surface area contributed by atoms with E-state index in [-0.39, 0.29) is 0 Å². The molecule has 1 aliphatic heterocycles. The van der Waals surface area contributed by atoms with Crippen molar-refractivity contribution < 1.29 is 28.4 Å². The summed E-state index contributed by atoms with van der Waals surface area (Å²) >= 11 is 0. The van der Waals surface area contributed by atoms with Crippen LogP contribution in [-0.2, 0) is 14.3 Å². The summed E-state index contributed by atoms with van der Waals surface area (Å²) < 4.78 is 11.9. The lowest BCUT2D eigenvalue weighted by Crippen LogP contribution is -2.43. The molecule has 30 heavy (non-hydrogen) atoms. The number of hydrogen-bond donors (Lipinski definition) is 1. The van der Waals surface area contributed by atoms with Gasteiger partial charge in [-0.3, -0.25) is 23.9 Å². The summed E-state index contributed by atoms with van der Waals surface area (Å²) in [6, 6.07) is 2.77. The lowest BCUT2D eigenvalue weighted by atomic mass is 9.99. The summed E-state index contributed by atoms with van der Waals surface area (Å²) in [5, 5.41) is 6.52. The van der Waals surface area contributed by atoms with Crippen molar-refractivity contribution in [3.63, 3.8) is 0 Å². The maximum Gasteiger partial charge on any atom is 0.326 e. The van der Waals surface area contributed by atoms with Gasteiger partial charge < -0.3 is 14.6 Å². The highest BCUT2D eigenvalue weighted by Crippen LogP contribution is 2.22. The number of nitrogens with zero attached hydrogens (tertiary/aromatic N) is 3. The smallest absolute Gasteiger partial charge is 0.326 e. The van der Waals surface area contributed by atoms with E-state index in [1.165, 1.54) is 0 Å². The Balaban J connectivity index is 1.64. The molecule has 0 radical (unpaired) electrons. The Kier molecular flexibility index (Phi) is 5.51. The second-order valence-electron chi connectivity index (χ2n) is 7.51. The second-order valence-corrected chi connectivity index (χ2v) is 7.51. The van der Waals surface area contributed by atoms with Crippen LogP contribution in [0.1, 0.15) is 47.8 Å². The summed E-state index contributed by atoms with van der Waals surface area (Å²) in [5.41, 5.74) is 0.752. The molecule has 1 N–H and O–H groups in total. The predicted octanol–water partition coefficient (Wildman–Crippen LogP) is 1.84. The molecule has 0 aromatic carbocycles. The maximum absolute atomic E-state index is 12.6. The molecule has 3 amide bonds. The number of aryl methyl sites for hydroxylation is 2. The van der Waals surface area contributed by atoms with Crippen LogP contribution in [0.25, 0.3) is 5.82 Å². The van der Waals surface area contributed by atoms with Gasteiger partial charge in [0.15, 0.2) is 12.4 Å². The minimum atomic E-state index is -1.04. The van der Waals surface area contributed by atoms with E-state index in [1.807, 2.05) is 6.92 Å². The van der Waals surface area contributed by atoms with E-state index in [4.69, 9.17) is 9.26 Å². The first-order valence-corrected chi connectivity index (χ1v) is 9.53. The quantitative estimate of drug-likeness (QED) is 0.415. The van der Waals surface area contributed by atoms with Gasteiger partial charge in [0.2, 0.25) is 5.78 Å². The summed E-state index contributed by atoms with van der Waals surface area (Å²) in [6.07, 6.45) is 0.391. The van der Waals surface area contributed by atoms with Crippen LogP contribution in [0.15, 0.2) is 16.7 Å². The second kappa shape index (κ2) is 7.77. The predicted molar refractivity (Wildman–Crippen MR) is 104 cm³/mol. The number of urea groups is 1. The lowest BCUT2D eigenvalue weighted by Gasteiger charge is -2.18. The average molecular weight is 416 g/mol. The fourth-order valence-electron chi connectivity index (χ4n) is 3.39. The molecule has 0 bridgehead atoms. The number of rotatable bonds is 7. The Bertz CT molecular complexity index is 1040. The number of nitrogens with one attached hydrogen (secondary N) is 1. The van der Waals surface area contributed by atoms with Gasteiger partial charge >= 0.3 is 12.0 Å². The third-order valence-corrected chi connectivity index (χ3v) is 5.28. The Morgan fingerprint density at radius 2 is 1.93 bits per heavy atom. The molecular weight excluding hydrogens is 392 g/mol. The highest BCUT2D eigenvalue weighted by Gasteiger charge is 2.47. The monoisotopic (exact) mass is 416 g/mol. The first-order valence-electron chi connectivity index (χ1n) is 9.53. The molecule has 0 spiro atoms. The SMILES string of the molecule is CC[C@]1(C)NC(=O)N(CC(=O)OCC(=O)c2cc(C)n(-c3cc(C)on3)c2C)C1=O. The topological polar surface area (TPSA) is 124 Å². The molecule has 1 atom stereocenters. The van der Waals surface area contributed by atoms with Gasteiger partial charge in [-0.15, -0.1) is 0 Å². The molecule has 160 valence electrons. The van der Waals surface area contributed by atoms with Crippen molar-refractivity contribution >= 4 is 23.7 Å². The largest absolute Gasteiger partial charge is 0.456 e. The number of ketones is 1. The zero-order valence-corrected chi connectivity index (χ0v) is 17.6. The highest BCUT2D eigenvalue weighted by atomic mass is 16.5. The molecule has 1 aliphatic rings. The summed E-state index contributed by atoms with van der Waals surface area (Å²) in [6.45, 7) is 7.64. The minimum Gasteiger partial charge on any atom is -0.456 e. The number of carbonyl (C=O) groups excluding carboxylic acids is 4. The van der Waals surface area contributed by atoms with Gasteiger partial charge in [0.25, 0.3) is 5.91 Å². The number of esters is 1. The molecule has 3 heterocycles. The van der Waals surface area contributed by atoms with E-state index in [0.717, 1.165) is 10.6 Å². The van der Waals surface area contributed by atoms with Crippen molar-refractivity contribution in [3.8, 4) is 5.82 Å². The maximum atomic E-state index is 12.6. The van der Waals surface area contributed by atoms with Crippen molar-refractivity contribution in [1.82, 2.24) is 19.9 Å². The molecular formula is C20H24N4O6. The van der Waals surface area contributed by atoms with Crippen LogP contribution in [0.4, 0.5) is 4.79 Å². The van der Waals surface area contributed by atoms with Gasteiger partial charge in [0.1, 0.15) is 17.8 Å². The van der Waals surface area contributed by atoms with Crippen LogP contribution < -0.4 is 5.32 Å². The first-order chi connectivity index (χ1) is 14.1. The normalized spacial score (nSPS) is 18.6. The first kappa shape index (κ1) is 21.3. The minimum absolute atomic E-state index is 0.384. The Morgan fingerprint density at radius 1 is 1.23 bits per heavy atom. The molecule has 2 aromatic heterocycles. The zero-order chi connectivity index (χ0) is 22.2. The van der Waals surface area contributed by atoms with E-state index in [2.05, 4.69) is 10.5 Å². The average Bonchev–Trinajstić information content (AvgIpc) is 3.30. The number of carbonyl (C=O) groups is 4. The zero-order valence-electron chi connectivity index (χ0n) is 17.6. The molecule has 10 nitrogen and oxygen atoms in total. The number of ether oxygens (including phenoxy) is 1. The molecule has 1 saturated heterocycles. The van der Waals surface area contributed by atoms with Gasteiger partial charge in [-0.05, 0) is 40.2 Å². The van der Waals surface area contributed by atoms with Gasteiger partial charge in [-0.25, -0.2) is 4.79 Å². The molecule has 1 fully saturated rings. The van der Waals surface area contributed by atoms with E-state index in [0.29, 0.717) is 29.3 Å². The summed E-state index contributed by atoms with van der Waals surface area (Å²) in [7, 11) is 0. The third-order valence-electron chi connectivity index (χ3n) is 5.28. The highest BCUT2D eigenvalue weighted by molar-refractivity contribution is 6.08. The molecule has 10 heteroatoms. The summed E-state index contributed by atoms with van der Waals surface area (Å²) in [4.78, 5) is 49.8. The van der Waals surface area contributed by atoms with Crippen LogP contribution in [0, 0.1) is 20.8 Å².